The molecule has 1 aliphatic rings. The lowest BCUT2D eigenvalue weighted by atomic mass is 10.0. The molecule has 160 valence electrons. The van der Waals surface area contributed by atoms with Gasteiger partial charge in [-0.15, -0.1) is 0 Å². The maximum Gasteiger partial charge on any atom is 0.416 e. The van der Waals surface area contributed by atoms with E-state index in [0.717, 1.165) is 6.26 Å². The van der Waals surface area contributed by atoms with Gasteiger partial charge in [0.05, 0.1) is 23.4 Å². The van der Waals surface area contributed by atoms with Crippen LogP contribution in [0.25, 0.3) is 0 Å². The van der Waals surface area contributed by atoms with Gasteiger partial charge < -0.3 is 9.47 Å². The first kappa shape index (κ1) is 21.8. The van der Waals surface area contributed by atoms with E-state index in [1.807, 2.05) is 0 Å². The predicted molar refractivity (Wildman–Crippen MR) is 92.9 cm³/mol. The molecule has 0 N–H and O–H groups in total. The van der Waals surface area contributed by atoms with Gasteiger partial charge in [-0.2, -0.15) is 26.3 Å². The molecule has 0 fully saturated rings. The lowest BCUT2D eigenvalue weighted by molar-refractivity contribution is -0.143. The second kappa shape index (κ2) is 8.10. The fourth-order valence-electron chi connectivity index (χ4n) is 2.75. The fourth-order valence-corrected chi connectivity index (χ4v) is 2.75. The molecule has 2 aromatic rings. The molecule has 2 atom stereocenters. The highest BCUT2D eigenvalue weighted by Crippen LogP contribution is 2.38. The van der Waals surface area contributed by atoms with Gasteiger partial charge >= 0.3 is 12.4 Å². The van der Waals surface area contributed by atoms with E-state index < -0.39 is 41.7 Å². The van der Waals surface area contributed by atoms with Crippen molar-refractivity contribution in [3.8, 4) is 0 Å². The summed E-state index contributed by atoms with van der Waals surface area (Å²) in [5.41, 5.74) is -2.63. The molecule has 0 aliphatic carbocycles. The Balaban J connectivity index is 1.91. The van der Waals surface area contributed by atoms with Crippen molar-refractivity contribution in [1.29, 1.82) is 0 Å². The van der Waals surface area contributed by atoms with Gasteiger partial charge in [0.1, 0.15) is 17.8 Å². The molecule has 2 aromatic carbocycles. The van der Waals surface area contributed by atoms with Gasteiger partial charge in [-0.25, -0.2) is 4.39 Å². The SMILES string of the molecule is CC(OC1OC=CN=C1c1ccc(F)cc1)c1cc(C(F)(F)F)cc(C(F)(F)F)c1. The molecule has 0 aromatic heterocycles. The molecule has 0 saturated heterocycles. The van der Waals surface area contributed by atoms with E-state index in [1.165, 1.54) is 37.4 Å². The van der Waals surface area contributed by atoms with Crippen molar-refractivity contribution in [2.24, 2.45) is 4.99 Å². The molecule has 0 bridgehead atoms. The molecule has 1 heterocycles. The highest BCUT2D eigenvalue weighted by Gasteiger charge is 2.37. The van der Waals surface area contributed by atoms with E-state index >= 15 is 0 Å². The third-order valence-electron chi connectivity index (χ3n) is 4.25. The monoisotopic (exact) mass is 433 g/mol. The maximum atomic E-state index is 13.2. The molecule has 0 spiro atoms. The van der Waals surface area contributed by atoms with Crippen LogP contribution in [0.3, 0.4) is 0 Å². The second-order valence-electron chi connectivity index (χ2n) is 6.39. The predicted octanol–water partition coefficient (Wildman–Crippen LogP) is 6.26. The van der Waals surface area contributed by atoms with Crippen LogP contribution in [-0.4, -0.2) is 12.0 Å². The molecule has 1 aliphatic heterocycles. The third-order valence-corrected chi connectivity index (χ3v) is 4.25. The van der Waals surface area contributed by atoms with Crippen LogP contribution in [0.15, 0.2) is 59.9 Å². The molecule has 30 heavy (non-hydrogen) atoms. The molecule has 3 nitrogen and oxygen atoms in total. The van der Waals surface area contributed by atoms with Crippen LogP contribution in [0.5, 0.6) is 0 Å². The van der Waals surface area contributed by atoms with E-state index in [4.69, 9.17) is 9.47 Å². The minimum Gasteiger partial charge on any atom is -0.465 e. The molecular formula is C20H14F7NO2. The Hall–Kier alpha value is -2.88. The third kappa shape index (κ3) is 4.99. The molecule has 0 saturated carbocycles. The normalized spacial score (nSPS) is 18.0. The molecule has 0 amide bonds. The van der Waals surface area contributed by atoms with E-state index in [1.54, 1.807) is 0 Å². The average Bonchev–Trinajstić information content (AvgIpc) is 2.67. The van der Waals surface area contributed by atoms with Gasteiger partial charge in [0.2, 0.25) is 6.29 Å². The summed E-state index contributed by atoms with van der Waals surface area (Å²) in [6.07, 6.45) is -9.93. The summed E-state index contributed by atoms with van der Waals surface area (Å²) >= 11 is 0. The minimum absolute atomic E-state index is 0.0431. The zero-order valence-corrected chi connectivity index (χ0v) is 15.3. The number of benzene rings is 2. The topological polar surface area (TPSA) is 30.8 Å². The van der Waals surface area contributed by atoms with Gasteiger partial charge in [0, 0.05) is 5.56 Å². The quantitative estimate of drug-likeness (QED) is 0.533. The highest BCUT2D eigenvalue weighted by atomic mass is 19.4. The van der Waals surface area contributed by atoms with Gasteiger partial charge in [-0.3, -0.25) is 4.99 Å². The van der Waals surface area contributed by atoms with Crippen molar-refractivity contribution < 1.29 is 40.2 Å². The minimum atomic E-state index is -4.97. The number of alkyl halides is 6. The number of nitrogens with zero attached hydrogens (tertiary/aromatic N) is 1. The smallest absolute Gasteiger partial charge is 0.416 e. The number of aliphatic imine (C=N–C) groups is 1. The Bertz CT molecular complexity index is 930. The summed E-state index contributed by atoms with van der Waals surface area (Å²) in [6.45, 7) is 1.29. The van der Waals surface area contributed by atoms with Gasteiger partial charge in [0.15, 0.2) is 0 Å². The fraction of sp³-hybridized carbons (Fsp3) is 0.250. The van der Waals surface area contributed by atoms with Crippen LogP contribution < -0.4 is 0 Å². The second-order valence-corrected chi connectivity index (χ2v) is 6.39. The Morgan fingerprint density at radius 2 is 1.50 bits per heavy atom. The van der Waals surface area contributed by atoms with E-state index in [0.29, 0.717) is 17.7 Å². The summed E-state index contributed by atoms with van der Waals surface area (Å²) in [4.78, 5) is 4.07. The van der Waals surface area contributed by atoms with Crippen LogP contribution >= 0.6 is 0 Å². The van der Waals surface area contributed by atoms with Crippen LogP contribution in [0.2, 0.25) is 0 Å². The number of ether oxygens (including phenoxy) is 2. The first-order valence-corrected chi connectivity index (χ1v) is 8.54. The number of hydrogen-bond acceptors (Lipinski definition) is 3. The first-order chi connectivity index (χ1) is 13.9. The molecule has 10 heteroatoms. The Morgan fingerprint density at radius 3 is 2.03 bits per heavy atom. The van der Waals surface area contributed by atoms with E-state index in [-0.39, 0.29) is 17.3 Å². The van der Waals surface area contributed by atoms with E-state index in [2.05, 4.69) is 4.99 Å². The first-order valence-electron chi connectivity index (χ1n) is 8.54. The van der Waals surface area contributed by atoms with Crippen LogP contribution in [0.1, 0.15) is 35.3 Å². The Morgan fingerprint density at radius 1 is 0.933 bits per heavy atom. The summed E-state index contributed by atoms with van der Waals surface area (Å²) in [6, 6.07) is 6.34. The Labute approximate surface area is 166 Å². The standard InChI is InChI=1S/C20H14F7NO2/c1-11(13-8-14(19(22,23)24)10-15(9-13)20(25,26)27)30-18-17(28-6-7-29-18)12-2-4-16(21)5-3-12/h2-11,18H,1H3. The van der Waals surface area contributed by atoms with Crippen LogP contribution in [-0.2, 0) is 21.8 Å². The zero-order chi connectivity index (χ0) is 22.1. The number of hydrogen-bond donors (Lipinski definition) is 0. The zero-order valence-electron chi connectivity index (χ0n) is 15.3. The summed E-state index contributed by atoms with van der Waals surface area (Å²) < 4.78 is 103. The van der Waals surface area contributed by atoms with Crippen molar-refractivity contribution in [3.63, 3.8) is 0 Å². The maximum absolute atomic E-state index is 13.2. The van der Waals surface area contributed by atoms with Crippen LogP contribution in [0, 0.1) is 5.82 Å². The summed E-state index contributed by atoms with van der Waals surface area (Å²) in [7, 11) is 0. The van der Waals surface area contributed by atoms with Crippen molar-refractivity contribution >= 4 is 5.71 Å². The molecular weight excluding hydrogens is 419 g/mol. The molecule has 2 unspecified atom stereocenters. The van der Waals surface area contributed by atoms with Crippen LogP contribution in [0.4, 0.5) is 30.7 Å². The number of rotatable bonds is 4. The lowest BCUT2D eigenvalue weighted by Gasteiger charge is -2.26. The van der Waals surface area contributed by atoms with Gasteiger partial charge in [-0.1, -0.05) is 12.1 Å². The van der Waals surface area contributed by atoms with Gasteiger partial charge in [0.25, 0.3) is 0 Å². The summed E-state index contributed by atoms with van der Waals surface area (Å²) in [5.74, 6) is -0.499. The van der Waals surface area contributed by atoms with E-state index in [9.17, 15) is 30.7 Å². The Kier molecular flexibility index (Phi) is 5.89. The molecule has 3 rings (SSSR count). The highest BCUT2D eigenvalue weighted by molar-refractivity contribution is 6.03. The lowest BCUT2D eigenvalue weighted by Crippen LogP contribution is -2.29. The summed E-state index contributed by atoms with van der Waals surface area (Å²) in [5, 5.41) is 0. The largest absolute Gasteiger partial charge is 0.465 e. The van der Waals surface area contributed by atoms with Crippen molar-refractivity contribution in [2.75, 3.05) is 0 Å². The number of halogens is 7. The molecule has 0 radical (unpaired) electrons. The van der Waals surface area contributed by atoms with Crippen molar-refractivity contribution in [1.82, 2.24) is 0 Å². The average molecular weight is 433 g/mol. The van der Waals surface area contributed by atoms with Crippen molar-refractivity contribution in [3.05, 3.63) is 83.0 Å². The van der Waals surface area contributed by atoms with Gasteiger partial charge in [-0.05, 0) is 42.8 Å². The van der Waals surface area contributed by atoms with Crippen molar-refractivity contribution in [2.45, 2.75) is 31.7 Å².